The molecule has 1 aliphatic rings. The van der Waals surface area contributed by atoms with Crippen LogP contribution in [0.2, 0.25) is 0 Å². The van der Waals surface area contributed by atoms with Crippen LogP contribution in [0.1, 0.15) is 22.3 Å². The van der Waals surface area contributed by atoms with Crippen molar-refractivity contribution in [1.29, 1.82) is 0 Å². The molecule has 61 heavy (non-hydrogen) atoms. The van der Waals surface area contributed by atoms with Gasteiger partial charge in [-0.2, -0.15) is 0 Å². The minimum Gasteiger partial charge on any atom is -0.310 e. The van der Waals surface area contributed by atoms with Crippen LogP contribution in [0.5, 0.6) is 0 Å². The first-order valence-corrected chi connectivity index (χ1v) is 21.1. The molecule has 11 aromatic rings. The maximum Gasteiger partial charge on any atom is 0.0714 e. The van der Waals surface area contributed by atoms with Gasteiger partial charge in [0, 0.05) is 33.5 Å². The van der Waals surface area contributed by atoms with Crippen molar-refractivity contribution in [2.45, 2.75) is 5.41 Å². The summed E-state index contributed by atoms with van der Waals surface area (Å²) in [4.78, 5) is 2.34. The number of hydrogen-bond acceptors (Lipinski definition) is 1. The van der Waals surface area contributed by atoms with Crippen LogP contribution in [0.4, 0.5) is 17.1 Å². The molecule has 2 nitrogen and oxygen atoms in total. The van der Waals surface area contributed by atoms with Crippen LogP contribution in [0.3, 0.4) is 0 Å². The maximum atomic E-state index is 2.46. The molecule has 1 heterocycles. The summed E-state index contributed by atoms with van der Waals surface area (Å²) in [5.74, 6) is 0. The predicted octanol–water partition coefficient (Wildman–Crippen LogP) is 15.4. The van der Waals surface area contributed by atoms with Gasteiger partial charge in [0.1, 0.15) is 0 Å². The maximum absolute atomic E-state index is 2.46. The first kappa shape index (κ1) is 35.0. The molecule has 1 aliphatic carbocycles. The summed E-state index contributed by atoms with van der Waals surface area (Å²) in [5, 5.41) is 4.94. The predicted molar refractivity (Wildman–Crippen MR) is 256 cm³/mol. The minimum absolute atomic E-state index is 0.465. The Labute approximate surface area is 355 Å². The highest BCUT2D eigenvalue weighted by molar-refractivity contribution is 6.10. The van der Waals surface area contributed by atoms with Crippen molar-refractivity contribution in [2.24, 2.45) is 0 Å². The van der Waals surface area contributed by atoms with E-state index in [1.165, 1.54) is 77.1 Å². The van der Waals surface area contributed by atoms with Crippen LogP contribution in [0, 0.1) is 0 Å². The normalized spacial score (nSPS) is 12.7. The molecule has 0 radical (unpaired) electrons. The molecule has 2 heteroatoms. The van der Waals surface area contributed by atoms with Crippen LogP contribution >= 0.6 is 0 Å². The smallest absolute Gasteiger partial charge is 0.0714 e. The lowest BCUT2D eigenvalue weighted by Crippen LogP contribution is -2.28. The highest BCUT2D eigenvalue weighted by Crippen LogP contribution is 2.56. The van der Waals surface area contributed by atoms with Crippen LogP contribution in [-0.2, 0) is 5.41 Å². The Kier molecular flexibility index (Phi) is 8.11. The van der Waals surface area contributed by atoms with Gasteiger partial charge in [-0.15, -0.1) is 0 Å². The molecular formula is C59H40N2. The summed E-state index contributed by atoms with van der Waals surface area (Å²) in [7, 11) is 0. The van der Waals surface area contributed by atoms with E-state index in [1.807, 2.05) is 0 Å². The number of rotatable bonds is 7. The SMILES string of the molecule is c1ccc(N(c2ccc(-c3ccc4c(c3)c3ccccc3n4-c3ccc4c(c3)C(c3ccccc3)(c3ccccc3)c3ccccc3-4)cc2)c2ccc3ccccc3c2)cc1. The highest BCUT2D eigenvalue weighted by Gasteiger charge is 2.46. The number of hydrogen-bond donors (Lipinski definition) is 0. The first-order valence-electron chi connectivity index (χ1n) is 21.1. The number of benzene rings is 10. The van der Waals surface area contributed by atoms with E-state index in [0.717, 1.165) is 22.7 Å². The van der Waals surface area contributed by atoms with Crippen molar-refractivity contribution in [1.82, 2.24) is 4.57 Å². The van der Waals surface area contributed by atoms with E-state index in [9.17, 15) is 0 Å². The van der Waals surface area contributed by atoms with E-state index >= 15 is 0 Å². The van der Waals surface area contributed by atoms with Crippen LogP contribution in [0.25, 0.3) is 60.5 Å². The molecule has 0 spiro atoms. The van der Waals surface area contributed by atoms with Gasteiger partial charge >= 0.3 is 0 Å². The fourth-order valence-corrected chi connectivity index (χ4v) is 10.1. The van der Waals surface area contributed by atoms with Crippen LogP contribution in [0.15, 0.2) is 243 Å². The third-order valence-electron chi connectivity index (χ3n) is 12.8. The molecule has 1 aromatic heterocycles. The molecule has 0 saturated heterocycles. The Balaban J connectivity index is 0.986. The topological polar surface area (TPSA) is 8.17 Å². The van der Waals surface area contributed by atoms with Crippen molar-refractivity contribution in [2.75, 3.05) is 4.90 Å². The molecule has 0 amide bonds. The minimum atomic E-state index is -0.465. The van der Waals surface area contributed by atoms with Gasteiger partial charge in [0.05, 0.1) is 16.4 Å². The van der Waals surface area contributed by atoms with Crippen molar-refractivity contribution < 1.29 is 0 Å². The Morgan fingerprint density at radius 3 is 1.67 bits per heavy atom. The molecule has 12 rings (SSSR count). The summed E-state index contributed by atoms with van der Waals surface area (Å²) >= 11 is 0. The average Bonchev–Trinajstić information content (AvgIpc) is 3.83. The van der Waals surface area contributed by atoms with Crippen molar-refractivity contribution in [3.8, 4) is 27.9 Å². The van der Waals surface area contributed by atoms with Gasteiger partial charge in [-0.1, -0.05) is 176 Å². The zero-order valence-corrected chi connectivity index (χ0v) is 33.5. The molecule has 0 aliphatic heterocycles. The summed E-state index contributed by atoms with van der Waals surface area (Å²) in [6.07, 6.45) is 0. The zero-order chi connectivity index (χ0) is 40.3. The van der Waals surface area contributed by atoms with Gasteiger partial charge in [0.25, 0.3) is 0 Å². The van der Waals surface area contributed by atoms with Gasteiger partial charge in [-0.05, 0) is 122 Å². The number of para-hydroxylation sites is 2. The molecule has 0 fully saturated rings. The second-order valence-electron chi connectivity index (χ2n) is 16.1. The van der Waals surface area contributed by atoms with E-state index in [0.29, 0.717) is 0 Å². The van der Waals surface area contributed by atoms with Crippen molar-refractivity contribution in [3.63, 3.8) is 0 Å². The summed E-state index contributed by atoms with van der Waals surface area (Å²) in [6, 6.07) is 89.0. The average molecular weight is 777 g/mol. The van der Waals surface area contributed by atoms with Gasteiger partial charge in [-0.25, -0.2) is 0 Å². The number of fused-ring (bicyclic) bond motifs is 7. The Morgan fingerprint density at radius 2 is 0.902 bits per heavy atom. The zero-order valence-electron chi connectivity index (χ0n) is 33.5. The van der Waals surface area contributed by atoms with E-state index < -0.39 is 5.41 Å². The molecule has 0 bridgehead atoms. The van der Waals surface area contributed by atoms with Crippen LogP contribution in [-0.4, -0.2) is 4.57 Å². The Bertz CT molecular complexity index is 3360. The third kappa shape index (κ3) is 5.50. The molecule has 0 unspecified atom stereocenters. The lowest BCUT2D eigenvalue weighted by atomic mass is 9.67. The number of aromatic nitrogens is 1. The van der Waals surface area contributed by atoms with Crippen molar-refractivity contribution in [3.05, 3.63) is 265 Å². The lowest BCUT2D eigenvalue weighted by Gasteiger charge is -2.34. The van der Waals surface area contributed by atoms with E-state index in [-0.39, 0.29) is 0 Å². The molecular weight excluding hydrogens is 737 g/mol. The molecule has 0 N–H and O–H groups in total. The van der Waals surface area contributed by atoms with Gasteiger partial charge in [-0.3, -0.25) is 0 Å². The first-order chi connectivity index (χ1) is 30.3. The standard InChI is InChI=1S/C59H40N2/c1-4-18-45(19-5-1)59(46-20-6-2-7-21-46)55-26-14-12-24-51(55)52-36-35-50(40-56(52)59)61-57-27-15-13-25-53(57)54-39-44(31-37-58(54)61)42-28-32-48(33-29-42)60(47-22-8-3-9-23-47)49-34-30-41-16-10-11-17-43(41)38-49/h1-40H. The summed E-state index contributed by atoms with van der Waals surface area (Å²) in [6.45, 7) is 0. The third-order valence-corrected chi connectivity index (χ3v) is 12.8. The van der Waals surface area contributed by atoms with Gasteiger partial charge in [0.15, 0.2) is 0 Å². The number of nitrogens with zero attached hydrogens (tertiary/aromatic N) is 2. The van der Waals surface area contributed by atoms with Crippen molar-refractivity contribution >= 4 is 49.6 Å². The van der Waals surface area contributed by atoms with Gasteiger partial charge < -0.3 is 9.47 Å². The van der Waals surface area contributed by atoms with Crippen LogP contribution < -0.4 is 4.90 Å². The second-order valence-corrected chi connectivity index (χ2v) is 16.1. The fraction of sp³-hybridized carbons (Fsp3) is 0.0169. The molecule has 0 atom stereocenters. The monoisotopic (exact) mass is 776 g/mol. The van der Waals surface area contributed by atoms with E-state index in [1.54, 1.807) is 0 Å². The summed E-state index contributed by atoms with van der Waals surface area (Å²) in [5.41, 5.74) is 16.6. The largest absolute Gasteiger partial charge is 0.310 e. The van der Waals surface area contributed by atoms with E-state index in [2.05, 4.69) is 252 Å². The van der Waals surface area contributed by atoms with Gasteiger partial charge in [0.2, 0.25) is 0 Å². The molecule has 286 valence electrons. The highest BCUT2D eigenvalue weighted by atomic mass is 15.1. The number of anilines is 3. The van der Waals surface area contributed by atoms with E-state index in [4.69, 9.17) is 0 Å². The quantitative estimate of drug-likeness (QED) is 0.156. The Morgan fingerprint density at radius 1 is 0.328 bits per heavy atom. The lowest BCUT2D eigenvalue weighted by molar-refractivity contribution is 0.767. The Hall–Kier alpha value is -7.94. The molecule has 10 aromatic carbocycles. The second kappa shape index (κ2) is 14.1. The summed E-state index contributed by atoms with van der Waals surface area (Å²) < 4.78 is 2.46. The fourth-order valence-electron chi connectivity index (χ4n) is 10.1. The molecule has 0 saturated carbocycles.